The molecule has 2 aliphatic rings. The van der Waals surface area contributed by atoms with Crippen LogP contribution in [0.5, 0.6) is 0 Å². The lowest BCUT2D eigenvalue weighted by molar-refractivity contribution is -0.359. The molecule has 12 unspecified atom stereocenters. The van der Waals surface area contributed by atoms with E-state index in [0.29, 0.717) is 12.8 Å². The Morgan fingerprint density at radius 2 is 0.904 bits per heavy atom. The fourth-order valence-electron chi connectivity index (χ4n) is 9.77. The van der Waals surface area contributed by atoms with Crippen LogP contribution >= 0.6 is 0 Å². The second-order valence-corrected chi connectivity index (χ2v) is 21.1. The molecule has 0 spiro atoms. The summed E-state index contributed by atoms with van der Waals surface area (Å²) in [6, 6.07) is -0.822. The molecule has 0 aromatic carbocycles. The highest BCUT2D eigenvalue weighted by Crippen LogP contribution is 2.30. The molecule has 2 aliphatic heterocycles. The Balaban J connectivity index is 1.49. The first-order chi connectivity index (χ1) is 35.6. The number of allylic oxidation sites excluding steroid dienone is 6. The number of ether oxygens (including phenoxy) is 4. The van der Waals surface area contributed by atoms with Gasteiger partial charge < -0.3 is 65.1 Å². The van der Waals surface area contributed by atoms with Gasteiger partial charge in [-0.1, -0.05) is 217 Å². The van der Waals surface area contributed by atoms with Gasteiger partial charge in [0.25, 0.3) is 0 Å². The number of hydrogen-bond donors (Lipinski definition) is 9. The number of unbranched alkanes of at least 4 members (excludes halogenated alkanes) is 28. The zero-order valence-electron chi connectivity index (χ0n) is 45.9. The van der Waals surface area contributed by atoms with Crippen molar-refractivity contribution in [3.8, 4) is 0 Å². The van der Waals surface area contributed by atoms with Crippen molar-refractivity contribution in [1.29, 1.82) is 0 Å². The van der Waals surface area contributed by atoms with E-state index in [-0.39, 0.29) is 12.5 Å². The Hall–Kier alpha value is -1.79. The minimum Gasteiger partial charge on any atom is -0.394 e. The Bertz CT molecular complexity index is 1370. The minimum atomic E-state index is -1.78. The molecule has 0 saturated carbocycles. The van der Waals surface area contributed by atoms with Gasteiger partial charge in [-0.05, 0) is 51.4 Å². The van der Waals surface area contributed by atoms with Crippen molar-refractivity contribution in [2.24, 2.45) is 0 Å². The van der Waals surface area contributed by atoms with Gasteiger partial charge in [-0.3, -0.25) is 4.79 Å². The number of aliphatic hydroxyl groups excluding tert-OH is 8. The molecule has 73 heavy (non-hydrogen) atoms. The Morgan fingerprint density at radius 1 is 0.493 bits per heavy atom. The summed E-state index contributed by atoms with van der Waals surface area (Å²) in [6.07, 6.45) is 38.4. The largest absolute Gasteiger partial charge is 0.394 e. The third kappa shape index (κ3) is 31.3. The molecule has 0 aromatic heterocycles. The number of hydrogen-bond acceptors (Lipinski definition) is 13. The molecule has 12 atom stereocenters. The van der Waals surface area contributed by atoms with Crippen LogP contribution in [-0.2, 0) is 23.7 Å². The van der Waals surface area contributed by atoms with E-state index in [1.54, 1.807) is 0 Å². The van der Waals surface area contributed by atoms with E-state index in [2.05, 4.69) is 55.6 Å². The summed E-state index contributed by atoms with van der Waals surface area (Å²) < 4.78 is 22.6. The highest BCUT2D eigenvalue weighted by atomic mass is 16.7. The third-order valence-electron chi connectivity index (χ3n) is 14.6. The predicted octanol–water partition coefficient (Wildman–Crippen LogP) is 9.83. The first-order valence-electron chi connectivity index (χ1n) is 29.7. The van der Waals surface area contributed by atoms with Crippen LogP contribution in [0, 0.1) is 0 Å². The fraction of sp³-hybridized carbons (Fsp3) is 0.881. The van der Waals surface area contributed by atoms with Gasteiger partial charge in [0.15, 0.2) is 12.6 Å². The molecule has 0 aliphatic carbocycles. The van der Waals surface area contributed by atoms with Gasteiger partial charge in [0.05, 0.1) is 32.0 Å². The first kappa shape index (κ1) is 67.3. The van der Waals surface area contributed by atoms with E-state index < -0.39 is 86.8 Å². The van der Waals surface area contributed by atoms with Gasteiger partial charge in [-0.2, -0.15) is 0 Å². The highest BCUT2D eigenvalue weighted by molar-refractivity contribution is 5.76. The Morgan fingerprint density at radius 3 is 1.38 bits per heavy atom. The molecule has 14 heteroatoms. The molecule has 2 rings (SSSR count). The number of carbonyl (C=O) groups is 1. The van der Waals surface area contributed by atoms with Crippen LogP contribution in [0.15, 0.2) is 36.5 Å². The van der Waals surface area contributed by atoms with Gasteiger partial charge >= 0.3 is 0 Å². The van der Waals surface area contributed by atoms with Crippen LogP contribution in [-0.4, -0.2) is 140 Å². The zero-order chi connectivity index (χ0) is 53.2. The maximum absolute atomic E-state index is 13.1. The topological polar surface area (TPSA) is 228 Å². The van der Waals surface area contributed by atoms with Crippen LogP contribution in [0.2, 0.25) is 0 Å². The molecular formula is C59H109NO13. The molecule has 0 aromatic rings. The maximum atomic E-state index is 13.1. The van der Waals surface area contributed by atoms with Crippen molar-refractivity contribution in [2.75, 3.05) is 19.8 Å². The molecule has 0 radical (unpaired) electrons. The van der Waals surface area contributed by atoms with Crippen molar-refractivity contribution < 1.29 is 64.6 Å². The van der Waals surface area contributed by atoms with Gasteiger partial charge in [0.2, 0.25) is 5.91 Å². The van der Waals surface area contributed by atoms with E-state index >= 15 is 0 Å². The second kappa shape index (κ2) is 45.3. The minimum absolute atomic E-state index is 0.214. The van der Waals surface area contributed by atoms with Gasteiger partial charge in [-0.15, -0.1) is 0 Å². The molecule has 428 valence electrons. The molecule has 1 amide bonds. The summed E-state index contributed by atoms with van der Waals surface area (Å²) in [6.45, 7) is 2.71. The van der Waals surface area contributed by atoms with E-state index in [9.17, 15) is 45.6 Å². The third-order valence-corrected chi connectivity index (χ3v) is 14.6. The summed E-state index contributed by atoms with van der Waals surface area (Å²) in [4.78, 5) is 13.1. The standard InChI is InChI=1S/C59H109NO13/c1-3-5-7-9-10-11-12-13-14-15-16-17-18-19-20-21-22-23-24-25-26-27-28-29-30-31-32-33-34-35-36-37-38-39-41-43-51(64)60-47(48(63)42-40-8-6-4-2)46-70-58-56(69)54(67)57(50(45-62)72-58)73-59-55(68)53(66)52(65)49(44-61)71-59/h12-13,15-16,18-19,47-50,52-59,61-63,65-69H,3-11,14,17,20-46H2,1-2H3,(H,60,64)/b13-12-,16-15-,19-18-. The number of carbonyl (C=O) groups excluding carboxylic acids is 1. The normalized spacial score (nSPS) is 25.6. The van der Waals surface area contributed by atoms with Crippen molar-refractivity contribution in [2.45, 2.75) is 312 Å². The molecule has 2 saturated heterocycles. The molecule has 2 fully saturated rings. The molecular weight excluding hydrogens is 931 g/mol. The van der Waals surface area contributed by atoms with E-state index in [4.69, 9.17) is 18.9 Å². The van der Waals surface area contributed by atoms with E-state index in [0.717, 1.165) is 64.2 Å². The molecule has 2 heterocycles. The van der Waals surface area contributed by atoms with Crippen LogP contribution < -0.4 is 5.32 Å². The van der Waals surface area contributed by atoms with Crippen molar-refractivity contribution in [3.63, 3.8) is 0 Å². The SMILES string of the molecule is CCCCCCC/C=C\C/C=C\C/C=C\CCCCCCCCCCCCCCCCCCCCCCC(=O)NC(COC1OC(CO)C(OC2OC(CO)C(O)C(O)C2O)C(O)C1O)C(O)CCCCCC. The Labute approximate surface area is 442 Å². The number of aliphatic hydroxyl groups is 8. The van der Waals surface area contributed by atoms with Crippen LogP contribution in [0.3, 0.4) is 0 Å². The summed E-state index contributed by atoms with van der Waals surface area (Å²) >= 11 is 0. The average Bonchev–Trinajstić information content (AvgIpc) is 3.39. The predicted molar refractivity (Wildman–Crippen MR) is 291 cm³/mol. The lowest BCUT2D eigenvalue weighted by Gasteiger charge is -2.46. The monoisotopic (exact) mass is 1040 g/mol. The average molecular weight is 1040 g/mol. The summed E-state index contributed by atoms with van der Waals surface area (Å²) in [5.41, 5.74) is 0. The van der Waals surface area contributed by atoms with Crippen molar-refractivity contribution >= 4 is 5.91 Å². The Kier molecular flexibility index (Phi) is 41.7. The molecule has 14 nitrogen and oxygen atoms in total. The zero-order valence-corrected chi connectivity index (χ0v) is 45.9. The second-order valence-electron chi connectivity index (χ2n) is 21.1. The summed E-state index contributed by atoms with van der Waals surface area (Å²) in [5.74, 6) is -0.214. The van der Waals surface area contributed by atoms with Crippen LogP contribution in [0.1, 0.15) is 239 Å². The smallest absolute Gasteiger partial charge is 0.220 e. The van der Waals surface area contributed by atoms with Crippen molar-refractivity contribution in [1.82, 2.24) is 5.32 Å². The van der Waals surface area contributed by atoms with Gasteiger partial charge in [0.1, 0.15) is 48.8 Å². The summed E-state index contributed by atoms with van der Waals surface area (Å²) in [5, 5.41) is 86.4. The molecule has 9 N–H and O–H groups in total. The van der Waals surface area contributed by atoms with Gasteiger partial charge in [0, 0.05) is 6.42 Å². The number of rotatable bonds is 47. The van der Waals surface area contributed by atoms with Crippen LogP contribution in [0.25, 0.3) is 0 Å². The van der Waals surface area contributed by atoms with E-state index in [1.807, 2.05) is 0 Å². The molecule has 0 bridgehead atoms. The summed E-state index contributed by atoms with van der Waals surface area (Å²) in [7, 11) is 0. The number of nitrogens with one attached hydrogen (secondary N) is 1. The first-order valence-corrected chi connectivity index (χ1v) is 29.7. The number of amides is 1. The van der Waals surface area contributed by atoms with Crippen molar-refractivity contribution in [3.05, 3.63) is 36.5 Å². The quantitative estimate of drug-likeness (QED) is 0.0205. The van der Waals surface area contributed by atoms with Crippen LogP contribution in [0.4, 0.5) is 0 Å². The lowest BCUT2D eigenvalue weighted by Crippen LogP contribution is -2.65. The van der Waals surface area contributed by atoms with E-state index in [1.165, 1.54) is 148 Å². The lowest BCUT2D eigenvalue weighted by atomic mass is 9.97. The highest BCUT2D eigenvalue weighted by Gasteiger charge is 2.51. The maximum Gasteiger partial charge on any atom is 0.220 e. The van der Waals surface area contributed by atoms with Gasteiger partial charge in [-0.25, -0.2) is 0 Å². The fourth-order valence-corrected chi connectivity index (χ4v) is 9.77.